The second-order valence-electron chi connectivity index (χ2n) is 8.22. The molecule has 0 aliphatic carbocycles. The van der Waals surface area contributed by atoms with Crippen molar-refractivity contribution < 1.29 is 28.5 Å². The van der Waals surface area contributed by atoms with Crippen molar-refractivity contribution in [2.45, 2.75) is 19.9 Å². The Morgan fingerprint density at radius 2 is 1.88 bits per heavy atom. The summed E-state index contributed by atoms with van der Waals surface area (Å²) in [5.41, 5.74) is 0.957. The number of rotatable bonds is 10. The largest absolute Gasteiger partial charge is 0.493 e. The first kappa shape index (κ1) is 28.9. The molecule has 1 aromatic heterocycles. The molecule has 0 saturated carbocycles. The number of aromatic nitrogens is 1. The molecule has 208 valence electrons. The van der Waals surface area contributed by atoms with E-state index in [1.54, 1.807) is 36.4 Å². The van der Waals surface area contributed by atoms with E-state index in [0.717, 1.165) is 11.3 Å². The SMILES string of the molecule is CCOc1ccc([C@H]2C(C(=O)OC)=CN=c3s/c(=C/c4cc(Br)cc(OC)c4OCC#N)c(=O)n32)cc1OCC. The Kier molecular flexibility index (Phi) is 9.29. The highest BCUT2D eigenvalue weighted by Gasteiger charge is 2.31. The van der Waals surface area contributed by atoms with Crippen molar-refractivity contribution in [2.75, 3.05) is 34.0 Å². The van der Waals surface area contributed by atoms with E-state index in [0.29, 0.717) is 61.1 Å². The zero-order chi connectivity index (χ0) is 28.8. The molecule has 40 heavy (non-hydrogen) atoms. The Labute approximate surface area is 242 Å². The van der Waals surface area contributed by atoms with Gasteiger partial charge in [0.15, 0.2) is 34.4 Å². The summed E-state index contributed by atoms with van der Waals surface area (Å²) in [6, 6.07) is 9.87. The lowest BCUT2D eigenvalue weighted by molar-refractivity contribution is -0.136. The van der Waals surface area contributed by atoms with Gasteiger partial charge in [0, 0.05) is 16.2 Å². The van der Waals surface area contributed by atoms with Crippen molar-refractivity contribution in [3.05, 3.63) is 77.4 Å². The molecule has 0 unspecified atom stereocenters. The first-order valence-electron chi connectivity index (χ1n) is 12.2. The van der Waals surface area contributed by atoms with Crippen molar-refractivity contribution in [1.29, 1.82) is 5.26 Å². The minimum atomic E-state index is -0.827. The number of thiazole rings is 1. The van der Waals surface area contributed by atoms with E-state index < -0.39 is 12.0 Å². The number of carbonyl (C=O) groups is 1. The number of esters is 1. The Bertz CT molecular complexity index is 1690. The Hall–Kier alpha value is -4.08. The number of nitriles is 1. The number of halogens is 1. The maximum absolute atomic E-state index is 13.9. The second kappa shape index (κ2) is 12.8. The maximum atomic E-state index is 13.9. The van der Waals surface area contributed by atoms with E-state index in [1.807, 2.05) is 19.9 Å². The summed E-state index contributed by atoms with van der Waals surface area (Å²) < 4.78 is 30.1. The molecule has 0 spiro atoms. The third-order valence-electron chi connectivity index (χ3n) is 5.84. The number of carbonyl (C=O) groups excluding carboxylic acids is 1. The molecule has 12 heteroatoms. The van der Waals surface area contributed by atoms with Gasteiger partial charge < -0.3 is 23.7 Å². The predicted molar refractivity (Wildman–Crippen MR) is 152 cm³/mol. The summed E-state index contributed by atoms with van der Waals surface area (Å²) in [6.07, 6.45) is 3.07. The molecule has 1 aliphatic heterocycles. The van der Waals surface area contributed by atoms with Gasteiger partial charge in [0.1, 0.15) is 6.07 Å². The zero-order valence-electron chi connectivity index (χ0n) is 22.2. The van der Waals surface area contributed by atoms with Gasteiger partial charge in [-0.2, -0.15) is 5.26 Å². The summed E-state index contributed by atoms with van der Waals surface area (Å²) >= 11 is 4.61. The van der Waals surface area contributed by atoms with Gasteiger partial charge in [-0.05, 0) is 49.8 Å². The Balaban J connectivity index is 1.94. The van der Waals surface area contributed by atoms with Crippen LogP contribution in [0.3, 0.4) is 0 Å². The molecule has 10 nitrogen and oxygen atoms in total. The molecule has 2 aromatic carbocycles. The van der Waals surface area contributed by atoms with Crippen LogP contribution in [0, 0.1) is 11.3 Å². The summed E-state index contributed by atoms with van der Waals surface area (Å²) in [7, 11) is 2.76. The third-order valence-corrected chi connectivity index (χ3v) is 7.30. The molecule has 2 heterocycles. The number of hydrogen-bond acceptors (Lipinski definition) is 10. The smallest absolute Gasteiger partial charge is 0.337 e. The number of nitrogens with zero attached hydrogens (tertiary/aromatic N) is 3. The highest BCUT2D eigenvalue weighted by Crippen LogP contribution is 2.36. The molecule has 3 aromatic rings. The molecular formula is C28H26BrN3O7S. The third kappa shape index (κ3) is 5.76. The van der Waals surface area contributed by atoms with E-state index in [-0.39, 0.29) is 17.7 Å². The van der Waals surface area contributed by atoms with Crippen LogP contribution in [0.1, 0.15) is 31.0 Å². The molecule has 1 atom stereocenters. The summed E-state index contributed by atoms with van der Waals surface area (Å²) in [5, 5.41) is 9.05. The van der Waals surface area contributed by atoms with Crippen molar-refractivity contribution in [3.8, 4) is 29.1 Å². The van der Waals surface area contributed by atoms with Crippen LogP contribution in [0.25, 0.3) is 6.08 Å². The summed E-state index contributed by atoms with van der Waals surface area (Å²) in [6.45, 7) is 4.37. The molecule has 0 N–H and O–H groups in total. The second-order valence-corrected chi connectivity index (χ2v) is 10.1. The van der Waals surface area contributed by atoms with Crippen molar-refractivity contribution >= 4 is 39.3 Å². The molecule has 0 radical (unpaired) electrons. The minimum Gasteiger partial charge on any atom is -0.493 e. The van der Waals surface area contributed by atoms with Gasteiger partial charge in [-0.15, -0.1) is 0 Å². The fourth-order valence-corrected chi connectivity index (χ4v) is 5.65. The van der Waals surface area contributed by atoms with Gasteiger partial charge in [0.2, 0.25) is 0 Å². The lowest BCUT2D eigenvalue weighted by Gasteiger charge is -2.23. The van der Waals surface area contributed by atoms with Gasteiger partial charge in [0.05, 0.1) is 43.6 Å². The topological polar surface area (TPSA) is 121 Å². The van der Waals surface area contributed by atoms with Gasteiger partial charge in [-0.1, -0.05) is 33.3 Å². The van der Waals surface area contributed by atoms with E-state index >= 15 is 0 Å². The zero-order valence-corrected chi connectivity index (χ0v) is 24.6. The van der Waals surface area contributed by atoms with E-state index in [2.05, 4.69) is 20.9 Å². The minimum absolute atomic E-state index is 0.190. The van der Waals surface area contributed by atoms with Crippen LogP contribution in [0.4, 0.5) is 0 Å². The van der Waals surface area contributed by atoms with Crippen molar-refractivity contribution in [2.24, 2.45) is 4.99 Å². The van der Waals surface area contributed by atoms with Crippen LogP contribution in [0.5, 0.6) is 23.0 Å². The molecule has 0 amide bonds. The van der Waals surface area contributed by atoms with Gasteiger partial charge in [0.25, 0.3) is 5.56 Å². The fourth-order valence-electron chi connectivity index (χ4n) is 4.24. The normalized spacial score (nSPS) is 14.3. The maximum Gasteiger partial charge on any atom is 0.337 e. The predicted octanol–water partition coefficient (Wildman–Crippen LogP) is 3.49. The lowest BCUT2D eigenvalue weighted by atomic mass is 9.97. The highest BCUT2D eigenvalue weighted by molar-refractivity contribution is 9.10. The average Bonchev–Trinajstić information content (AvgIpc) is 3.27. The number of benzene rings is 2. The molecular weight excluding hydrogens is 602 g/mol. The first-order chi connectivity index (χ1) is 19.4. The van der Waals surface area contributed by atoms with E-state index in [1.165, 1.54) is 25.0 Å². The number of fused-ring (bicyclic) bond motifs is 1. The monoisotopic (exact) mass is 627 g/mol. The molecule has 0 saturated heterocycles. The molecule has 1 aliphatic rings. The van der Waals surface area contributed by atoms with Crippen LogP contribution in [0.2, 0.25) is 0 Å². The van der Waals surface area contributed by atoms with Crippen LogP contribution in [-0.4, -0.2) is 44.6 Å². The quantitative estimate of drug-likeness (QED) is 0.313. The van der Waals surface area contributed by atoms with Crippen LogP contribution < -0.4 is 33.8 Å². The van der Waals surface area contributed by atoms with Gasteiger partial charge in [-0.25, -0.2) is 9.79 Å². The van der Waals surface area contributed by atoms with Crippen molar-refractivity contribution in [3.63, 3.8) is 0 Å². The van der Waals surface area contributed by atoms with Crippen molar-refractivity contribution in [1.82, 2.24) is 4.57 Å². The highest BCUT2D eigenvalue weighted by atomic mass is 79.9. The van der Waals surface area contributed by atoms with E-state index in [4.69, 9.17) is 28.9 Å². The standard InChI is InChI=1S/C28H26BrN3O7S/c1-5-37-20-8-7-16(12-21(20)38-6-2)24-19(27(34)36-4)15-31-28-32(24)26(33)23(40-28)13-17-11-18(29)14-22(35-3)25(17)39-10-9-30/h7-8,11-15,24H,5-6,10H2,1-4H3/b23-13+/t24-/m0/s1. The lowest BCUT2D eigenvalue weighted by Crippen LogP contribution is -2.39. The summed E-state index contributed by atoms with van der Waals surface area (Å²) in [4.78, 5) is 31.5. The summed E-state index contributed by atoms with van der Waals surface area (Å²) in [5.74, 6) is 1.15. The number of methoxy groups -OCH3 is 2. The Morgan fingerprint density at radius 1 is 1.12 bits per heavy atom. The Morgan fingerprint density at radius 3 is 2.55 bits per heavy atom. The van der Waals surface area contributed by atoms with E-state index in [9.17, 15) is 9.59 Å². The van der Waals surface area contributed by atoms with Gasteiger partial charge >= 0.3 is 5.97 Å². The van der Waals surface area contributed by atoms with Crippen LogP contribution in [0.15, 0.2) is 56.4 Å². The van der Waals surface area contributed by atoms with Gasteiger partial charge in [-0.3, -0.25) is 9.36 Å². The average molecular weight is 629 g/mol. The molecule has 0 bridgehead atoms. The molecule has 4 rings (SSSR count). The molecule has 0 fully saturated rings. The van der Waals surface area contributed by atoms with Crippen LogP contribution >= 0.6 is 27.3 Å². The number of hydrogen-bond donors (Lipinski definition) is 0. The first-order valence-corrected chi connectivity index (χ1v) is 13.8. The fraction of sp³-hybridized carbons (Fsp3) is 0.286. The number of ether oxygens (including phenoxy) is 5. The van der Waals surface area contributed by atoms with Crippen LogP contribution in [-0.2, 0) is 9.53 Å².